The number of rotatable bonds is 4. The Kier molecular flexibility index (Phi) is 4.26. The first-order valence-corrected chi connectivity index (χ1v) is 7.77. The summed E-state index contributed by atoms with van der Waals surface area (Å²) in [5.41, 5.74) is 1.07. The number of likely N-dealkylation sites (N-methyl/N-ethyl adjacent to an activating group) is 1. The van der Waals surface area contributed by atoms with Crippen LogP contribution in [0.15, 0.2) is 6.20 Å². The van der Waals surface area contributed by atoms with Gasteiger partial charge in [0.1, 0.15) is 12.4 Å². The largest absolute Gasteiger partial charge is 0.365 e. The van der Waals surface area contributed by atoms with E-state index in [0.29, 0.717) is 12.6 Å². The summed E-state index contributed by atoms with van der Waals surface area (Å²) in [5, 5.41) is 0. The maximum absolute atomic E-state index is 11.9. The monoisotopic (exact) mass is 292 g/mol. The van der Waals surface area contributed by atoms with Gasteiger partial charge in [-0.1, -0.05) is 0 Å². The highest BCUT2D eigenvalue weighted by Crippen LogP contribution is 2.23. The summed E-state index contributed by atoms with van der Waals surface area (Å²) in [6, 6.07) is 0.332. The minimum atomic E-state index is 0.110. The van der Waals surface area contributed by atoms with Crippen LogP contribution in [-0.4, -0.2) is 58.5 Å². The molecule has 1 aromatic heterocycles. The van der Waals surface area contributed by atoms with Crippen LogP contribution in [-0.2, 0) is 22.7 Å². The molecule has 0 radical (unpaired) electrons. The summed E-state index contributed by atoms with van der Waals surface area (Å²) in [6.07, 6.45) is 4.12. The van der Waals surface area contributed by atoms with Crippen molar-refractivity contribution in [3.8, 4) is 0 Å². The number of imidazole rings is 1. The molecule has 0 aromatic carbocycles. The van der Waals surface area contributed by atoms with Crippen molar-refractivity contribution in [1.29, 1.82) is 0 Å². The van der Waals surface area contributed by atoms with Crippen LogP contribution in [0.3, 0.4) is 0 Å². The Morgan fingerprint density at radius 1 is 1.33 bits per heavy atom. The van der Waals surface area contributed by atoms with E-state index in [-0.39, 0.29) is 12.5 Å². The molecule has 3 rings (SSSR count). The number of carbonyl (C=O) groups is 1. The lowest BCUT2D eigenvalue weighted by Crippen LogP contribution is -2.34. The summed E-state index contributed by atoms with van der Waals surface area (Å²) in [6.45, 7) is 6.53. The van der Waals surface area contributed by atoms with E-state index in [9.17, 15) is 4.79 Å². The molecule has 0 bridgehead atoms. The highest BCUT2D eigenvalue weighted by Gasteiger charge is 2.24. The molecule has 6 heteroatoms. The summed E-state index contributed by atoms with van der Waals surface area (Å²) < 4.78 is 7.84. The second-order valence-electron chi connectivity index (χ2n) is 6.00. The average molecular weight is 292 g/mol. The molecular weight excluding hydrogens is 268 g/mol. The topological polar surface area (TPSA) is 50.6 Å². The zero-order chi connectivity index (χ0) is 14.8. The molecular formula is C15H24N4O2. The molecule has 0 saturated carbocycles. The molecule has 1 saturated heterocycles. The van der Waals surface area contributed by atoms with Crippen LogP contribution in [0.4, 0.5) is 0 Å². The Labute approximate surface area is 125 Å². The number of amides is 1. The normalized spacial score (nSPS) is 22.6. The van der Waals surface area contributed by atoms with Crippen LogP contribution in [0.5, 0.6) is 0 Å². The molecule has 0 N–H and O–H groups in total. The van der Waals surface area contributed by atoms with E-state index in [2.05, 4.69) is 28.4 Å². The Morgan fingerprint density at radius 3 is 2.86 bits per heavy atom. The van der Waals surface area contributed by atoms with Crippen molar-refractivity contribution < 1.29 is 9.53 Å². The van der Waals surface area contributed by atoms with Gasteiger partial charge in [-0.05, 0) is 26.8 Å². The Balaban J connectivity index is 1.54. The van der Waals surface area contributed by atoms with Gasteiger partial charge in [0.15, 0.2) is 0 Å². The van der Waals surface area contributed by atoms with Gasteiger partial charge in [0.2, 0.25) is 5.91 Å². The van der Waals surface area contributed by atoms with Gasteiger partial charge >= 0.3 is 0 Å². The predicted octanol–water partition coefficient (Wildman–Crippen LogP) is 1.03. The van der Waals surface area contributed by atoms with Gasteiger partial charge < -0.3 is 14.2 Å². The minimum Gasteiger partial charge on any atom is -0.365 e. The quantitative estimate of drug-likeness (QED) is 0.832. The molecule has 1 atom stereocenters. The molecule has 1 aromatic rings. The van der Waals surface area contributed by atoms with Gasteiger partial charge in [0.25, 0.3) is 0 Å². The standard InChI is InChI=1S/C15H24N4O2/c1-12-15-16-9-13(19(15)8-7-17(12)2)10-21-11-14(20)18-5-3-4-6-18/h9,12H,3-8,10-11H2,1-2H3/t12-/m1/s1. The summed E-state index contributed by atoms with van der Waals surface area (Å²) in [4.78, 5) is 20.6. The molecule has 0 spiro atoms. The molecule has 0 unspecified atom stereocenters. The van der Waals surface area contributed by atoms with E-state index in [1.807, 2.05) is 11.1 Å². The minimum absolute atomic E-state index is 0.110. The zero-order valence-corrected chi connectivity index (χ0v) is 12.9. The maximum Gasteiger partial charge on any atom is 0.248 e. The number of ether oxygens (including phenoxy) is 1. The zero-order valence-electron chi connectivity index (χ0n) is 12.9. The summed E-state index contributed by atoms with van der Waals surface area (Å²) >= 11 is 0. The Hall–Kier alpha value is -1.40. The number of nitrogens with zero attached hydrogens (tertiary/aromatic N) is 4. The smallest absolute Gasteiger partial charge is 0.248 e. The number of carbonyl (C=O) groups excluding carboxylic acids is 1. The molecule has 6 nitrogen and oxygen atoms in total. The second kappa shape index (κ2) is 6.15. The molecule has 3 heterocycles. The first-order valence-electron chi connectivity index (χ1n) is 7.77. The van der Waals surface area contributed by atoms with Crippen LogP contribution in [0.1, 0.15) is 37.3 Å². The molecule has 0 aliphatic carbocycles. The van der Waals surface area contributed by atoms with Crippen LogP contribution in [0.2, 0.25) is 0 Å². The van der Waals surface area contributed by atoms with Crippen LogP contribution in [0.25, 0.3) is 0 Å². The van der Waals surface area contributed by atoms with Crippen molar-refractivity contribution in [2.24, 2.45) is 0 Å². The fourth-order valence-corrected chi connectivity index (χ4v) is 3.08. The number of fused-ring (bicyclic) bond motifs is 1. The van der Waals surface area contributed by atoms with Gasteiger partial charge in [0.05, 0.1) is 24.5 Å². The highest BCUT2D eigenvalue weighted by atomic mass is 16.5. The van der Waals surface area contributed by atoms with E-state index in [1.54, 1.807) is 0 Å². The summed E-state index contributed by atoms with van der Waals surface area (Å²) in [5.74, 6) is 1.20. The number of hydrogen-bond donors (Lipinski definition) is 0. The van der Waals surface area contributed by atoms with Gasteiger partial charge in [-0.2, -0.15) is 0 Å². The van der Waals surface area contributed by atoms with Crippen molar-refractivity contribution in [1.82, 2.24) is 19.4 Å². The van der Waals surface area contributed by atoms with Gasteiger partial charge in [0, 0.05) is 26.2 Å². The van der Waals surface area contributed by atoms with Gasteiger partial charge in [-0.15, -0.1) is 0 Å². The van der Waals surface area contributed by atoms with Crippen LogP contribution >= 0.6 is 0 Å². The van der Waals surface area contributed by atoms with Crippen molar-refractivity contribution in [3.63, 3.8) is 0 Å². The first-order chi connectivity index (χ1) is 10.2. The van der Waals surface area contributed by atoms with E-state index in [0.717, 1.165) is 50.5 Å². The van der Waals surface area contributed by atoms with E-state index in [4.69, 9.17) is 4.74 Å². The van der Waals surface area contributed by atoms with Gasteiger partial charge in [-0.3, -0.25) is 9.69 Å². The van der Waals surface area contributed by atoms with Gasteiger partial charge in [-0.25, -0.2) is 4.98 Å². The first kappa shape index (κ1) is 14.5. The highest BCUT2D eigenvalue weighted by molar-refractivity contribution is 5.77. The predicted molar refractivity (Wildman–Crippen MR) is 78.7 cm³/mol. The average Bonchev–Trinajstić information content (AvgIpc) is 3.13. The SMILES string of the molecule is C[C@@H]1c2ncc(COCC(=O)N3CCCC3)n2CCN1C. The fourth-order valence-electron chi connectivity index (χ4n) is 3.08. The summed E-state index contributed by atoms with van der Waals surface area (Å²) in [7, 11) is 2.12. The third-order valence-electron chi connectivity index (χ3n) is 4.61. The molecule has 1 amide bonds. The van der Waals surface area contributed by atoms with Crippen molar-refractivity contribution in [2.75, 3.05) is 33.3 Å². The maximum atomic E-state index is 11.9. The van der Waals surface area contributed by atoms with Crippen molar-refractivity contribution >= 4 is 5.91 Å². The van der Waals surface area contributed by atoms with E-state index >= 15 is 0 Å². The molecule has 21 heavy (non-hydrogen) atoms. The number of likely N-dealkylation sites (tertiary alicyclic amines) is 1. The van der Waals surface area contributed by atoms with E-state index in [1.165, 1.54) is 0 Å². The second-order valence-corrected chi connectivity index (χ2v) is 6.00. The van der Waals surface area contributed by atoms with E-state index < -0.39 is 0 Å². The fraction of sp³-hybridized carbons (Fsp3) is 0.733. The number of hydrogen-bond acceptors (Lipinski definition) is 4. The Bertz CT molecular complexity index is 508. The van der Waals surface area contributed by atoms with Crippen LogP contribution in [0, 0.1) is 0 Å². The van der Waals surface area contributed by atoms with Crippen molar-refractivity contribution in [2.45, 2.75) is 39.0 Å². The molecule has 2 aliphatic heterocycles. The lowest BCUT2D eigenvalue weighted by Gasteiger charge is -2.31. The van der Waals surface area contributed by atoms with Crippen molar-refractivity contribution in [3.05, 3.63) is 17.7 Å². The Morgan fingerprint density at radius 2 is 2.10 bits per heavy atom. The third-order valence-corrected chi connectivity index (χ3v) is 4.61. The molecule has 2 aliphatic rings. The molecule has 116 valence electrons. The number of aromatic nitrogens is 2. The van der Waals surface area contributed by atoms with Crippen LogP contribution < -0.4 is 0 Å². The molecule has 1 fully saturated rings. The lowest BCUT2D eigenvalue weighted by molar-refractivity contribution is -0.135. The lowest BCUT2D eigenvalue weighted by atomic mass is 10.2. The third kappa shape index (κ3) is 2.96.